The lowest BCUT2D eigenvalue weighted by molar-refractivity contribution is 0.0747. The lowest BCUT2D eigenvalue weighted by Crippen LogP contribution is -2.27. The monoisotopic (exact) mass is 412 g/mol. The molecule has 5 rings (SSSR count). The third-order valence-corrected chi connectivity index (χ3v) is 5.33. The number of carbonyl (C=O) groups is 1. The second kappa shape index (κ2) is 7.70. The highest BCUT2D eigenvalue weighted by Gasteiger charge is 2.27. The Bertz CT molecular complexity index is 1280. The molecule has 3 N–H and O–H groups in total. The third kappa shape index (κ3) is 3.67. The zero-order chi connectivity index (χ0) is 21.4. The Balaban J connectivity index is 1.50. The first kappa shape index (κ1) is 19.0. The smallest absolute Gasteiger partial charge is 0.273 e. The van der Waals surface area contributed by atoms with Crippen LogP contribution in [-0.2, 0) is 19.7 Å². The van der Waals surface area contributed by atoms with Gasteiger partial charge in [0.2, 0.25) is 5.95 Å². The molecule has 1 aliphatic rings. The van der Waals surface area contributed by atoms with Crippen LogP contribution in [-0.4, -0.2) is 25.9 Å². The molecule has 4 aromatic rings. The summed E-state index contributed by atoms with van der Waals surface area (Å²) in [6, 6.07) is 20.5. The van der Waals surface area contributed by atoms with Crippen LogP contribution in [0.3, 0.4) is 0 Å². The van der Waals surface area contributed by atoms with E-state index in [0.717, 1.165) is 16.7 Å². The topological polar surface area (TPSA) is 102 Å². The van der Waals surface area contributed by atoms with Crippen molar-refractivity contribution in [3.05, 3.63) is 89.1 Å². The molecule has 1 amide bonds. The second-order valence-electron chi connectivity index (χ2n) is 7.45. The van der Waals surface area contributed by atoms with Gasteiger partial charge >= 0.3 is 0 Å². The van der Waals surface area contributed by atoms with E-state index in [4.69, 9.17) is 10.5 Å². The van der Waals surface area contributed by atoms with Crippen LogP contribution in [0.4, 0.5) is 5.95 Å². The number of ether oxygens (including phenoxy) is 1. The van der Waals surface area contributed by atoms with Crippen molar-refractivity contribution >= 4 is 22.8 Å². The lowest BCUT2D eigenvalue weighted by Gasteiger charge is -2.16. The van der Waals surface area contributed by atoms with E-state index in [2.05, 4.69) is 9.97 Å². The molecule has 1 aliphatic heterocycles. The van der Waals surface area contributed by atoms with Crippen molar-refractivity contribution in [2.75, 3.05) is 5.73 Å². The summed E-state index contributed by atoms with van der Waals surface area (Å²) in [5.74, 6) is 0.978. The van der Waals surface area contributed by atoms with Crippen molar-refractivity contribution in [3.63, 3.8) is 0 Å². The van der Waals surface area contributed by atoms with Crippen LogP contribution in [0.2, 0.25) is 0 Å². The van der Waals surface area contributed by atoms with Crippen LogP contribution in [0.1, 0.15) is 27.2 Å². The summed E-state index contributed by atoms with van der Waals surface area (Å²) >= 11 is 0. The average molecular weight is 412 g/mol. The quantitative estimate of drug-likeness (QED) is 0.531. The molecule has 7 nitrogen and oxygen atoms in total. The van der Waals surface area contributed by atoms with E-state index in [0.29, 0.717) is 35.5 Å². The summed E-state index contributed by atoms with van der Waals surface area (Å²) in [5, 5.41) is 9.91. The van der Waals surface area contributed by atoms with Gasteiger partial charge in [0, 0.05) is 18.5 Å². The number of anilines is 1. The van der Waals surface area contributed by atoms with Gasteiger partial charge in [-0.3, -0.25) is 4.79 Å². The van der Waals surface area contributed by atoms with Crippen molar-refractivity contribution in [1.82, 2.24) is 14.9 Å². The molecule has 0 atom stereocenters. The largest absolute Gasteiger partial charge is 0.457 e. The SMILES string of the molecule is Nc1nc(C(=O)N2Cc3ccccc3C2)c2cc(Oc3cccc(CO)c3)ccc2n1. The predicted molar refractivity (Wildman–Crippen MR) is 116 cm³/mol. The summed E-state index contributed by atoms with van der Waals surface area (Å²) in [6.45, 7) is 0.994. The van der Waals surface area contributed by atoms with E-state index in [1.165, 1.54) is 0 Å². The maximum Gasteiger partial charge on any atom is 0.273 e. The number of nitrogens with two attached hydrogens (primary N) is 1. The molecule has 7 heteroatoms. The van der Waals surface area contributed by atoms with Crippen molar-refractivity contribution in [2.45, 2.75) is 19.7 Å². The minimum atomic E-state index is -0.199. The summed E-state index contributed by atoms with van der Waals surface area (Å²) in [4.78, 5) is 23.6. The first-order chi connectivity index (χ1) is 15.1. The van der Waals surface area contributed by atoms with E-state index >= 15 is 0 Å². The molecular weight excluding hydrogens is 392 g/mol. The van der Waals surface area contributed by atoms with Gasteiger partial charge in [0.05, 0.1) is 12.1 Å². The molecule has 0 aliphatic carbocycles. The van der Waals surface area contributed by atoms with E-state index < -0.39 is 0 Å². The number of hydrogen-bond acceptors (Lipinski definition) is 6. The zero-order valence-electron chi connectivity index (χ0n) is 16.7. The number of aliphatic hydroxyl groups is 1. The van der Waals surface area contributed by atoms with E-state index in [1.807, 2.05) is 36.4 Å². The molecule has 1 aromatic heterocycles. The Hall–Kier alpha value is -3.97. The molecule has 0 saturated carbocycles. The third-order valence-electron chi connectivity index (χ3n) is 5.33. The van der Waals surface area contributed by atoms with Gasteiger partial charge in [-0.25, -0.2) is 9.97 Å². The standard InChI is InChI=1S/C24H20N4O3/c25-24-26-21-9-8-19(31-18-7-3-4-15(10-18)14-29)11-20(21)22(27-24)23(30)28-12-16-5-1-2-6-17(16)13-28/h1-11,29H,12-14H2,(H2,25,26,27). The number of benzene rings is 3. The number of fused-ring (bicyclic) bond motifs is 2. The summed E-state index contributed by atoms with van der Waals surface area (Å²) < 4.78 is 5.95. The van der Waals surface area contributed by atoms with Crippen LogP contribution in [0.5, 0.6) is 11.5 Å². The van der Waals surface area contributed by atoms with Gasteiger partial charge in [-0.2, -0.15) is 0 Å². The fraction of sp³-hybridized carbons (Fsp3) is 0.125. The van der Waals surface area contributed by atoms with Crippen LogP contribution >= 0.6 is 0 Å². The number of amides is 1. The molecule has 0 saturated heterocycles. The minimum absolute atomic E-state index is 0.0527. The van der Waals surface area contributed by atoms with Crippen molar-refractivity contribution in [2.24, 2.45) is 0 Å². The molecule has 2 heterocycles. The Morgan fingerprint density at radius 2 is 1.71 bits per heavy atom. The van der Waals surface area contributed by atoms with Gasteiger partial charge in [-0.15, -0.1) is 0 Å². The van der Waals surface area contributed by atoms with E-state index in [-0.39, 0.29) is 24.2 Å². The van der Waals surface area contributed by atoms with Gasteiger partial charge in [-0.05, 0) is 47.0 Å². The number of carbonyl (C=O) groups excluding carboxylic acids is 1. The summed E-state index contributed by atoms with van der Waals surface area (Å²) in [5.41, 5.74) is 9.74. The Morgan fingerprint density at radius 3 is 2.45 bits per heavy atom. The van der Waals surface area contributed by atoms with Gasteiger partial charge in [0.25, 0.3) is 5.91 Å². The van der Waals surface area contributed by atoms with Gasteiger partial charge in [0.1, 0.15) is 17.2 Å². The average Bonchev–Trinajstić information content (AvgIpc) is 3.23. The number of rotatable bonds is 4. The first-order valence-corrected chi connectivity index (χ1v) is 9.92. The van der Waals surface area contributed by atoms with Gasteiger partial charge in [-0.1, -0.05) is 36.4 Å². The fourth-order valence-electron chi connectivity index (χ4n) is 3.82. The molecular formula is C24H20N4O3. The molecule has 0 fully saturated rings. The highest BCUT2D eigenvalue weighted by molar-refractivity contribution is 6.05. The van der Waals surface area contributed by atoms with E-state index in [1.54, 1.807) is 35.2 Å². The van der Waals surface area contributed by atoms with Crippen LogP contribution < -0.4 is 10.5 Å². The highest BCUT2D eigenvalue weighted by atomic mass is 16.5. The summed E-state index contributed by atoms with van der Waals surface area (Å²) in [6.07, 6.45) is 0. The Kier molecular flexibility index (Phi) is 4.72. The molecule has 0 unspecified atom stereocenters. The Morgan fingerprint density at radius 1 is 0.968 bits per heavy atom. The Labute approximate surface area is 178 Å². The maximum absolute atomic E-state index is 13.3. The fourth-order valence-corrected chi connectivity index (χ4v) is 3.82. The van der Waals surface area contributed by atoms with Crippen LogP contribution in [0, 0.1) is 0 Å². The molecule has 0 bridgehead atoms. The zero-order valence-corrected chi connectivity index (χ0v) is 16.7. The van der Waals surface area contributed by atoms with Gasteiger partial charge < -0.3 is 20.5 Å². The maximum atomic E-state index is 13.3. The normalized spacial score (nSPS) is 12.7. The van der Waals surface area contributed by atoms with Crippen LogP contribution in [0.15, 0.2) is 66.7 Å². The molecule has 3 aromatic carbocycles. The van der Waals surface area contributed by atoms with Crippen LogP contribution in [0.25, 0.3) is 10.9 Å². The number of nitrogens with zero attached hydrogens (tertiary/aromatic N) is 3. The number of aliphatic hydroxyl groups excluding tert-OH is 1. The van der Waals surface area contributed by atoms with Crippen molar-refractivity contribution < 1.29 is 14.6 Å². The first-order valence-electron chi connectivity index (χ1n) is 9.92. The highest BCUT2D eigenvalue weighted by Crippen LogP contribution is 2.30. The molecule has 154 valence electrons. The lowest BCUT2D eigenvalue weighted by atomic mass is 10.1. The number of nitrogen functional groups attached to an aromatic ring is 1. The predicted octanol–water partition coefficient (Wildman–Crippen LogP) is 3.65. The van der Waals surface area contributed by atoms with Crippen molar-refractivity contribution in [1.29, 1.82) is 0 Å². The second-order valence-corrected chi connectivity index (χ2v) is 7.45. The molecule has 0 radical (unpaired) electrons. The van der Waals surface area contributed by atoms with Gasteiger partial charge in [0.15, 0.2) is 0 Å². The number of hydrogen-bond donors (Lipinski definition) is 2. The van der Waals surface area contributed by atoms with E-state index in [9.17, 15) is 9.90 Å². The molecule has 31 heavy (non-hydrogen) atoms. The minimum Gasteiger partial charge on any atom is -0.457 e. The summed E-state index contributed by atoms with van der Waals surface area (Å²) in [7, 11) is 0. The van der Waals surface area contributed by atoms with Crippen molar-refractivity contribution in [3.8, 4) is 11.5 Å². The number of aromatic nitrogens is 2. The molecule has 0 spiro atoms.